The highest BCUT2D eigenvalue weighted by Gasteiger charge is 2.45. The van der Waals surface area contributed by atoms with Gasteiger partial charge >= 0.3 is 0 Å². The van der Waals surface area contributed by atoms with Gasteiger partial charge in [-0.3, -0.25) is 4.79 Å². The standard InChI is InChI=1S/C17H24O6/c1-13-10-14(19)16(2,23-13)11-17(20,12-18)7-5-9-22-15-6-3-4-8-21-15/h10,15,18,20H,3-4,6,8-9,11-12H2,1-2H3/t15?,16?,17-/m1/s1. The second kappa shape index (κ2) is 7.45. The van der Waals surface area contributed by atoms with Crippen LogP contribution in [0, 0.1) is 11.8 Å². The average molecular weight is 324 g/mol. The van der Waals surface area contributed by atoms with Crippen molar-refractivity contribution in [1.82, 2.24) is 0 Å². The summed E-state index contributed by atoms with van der Waals surface area (Å²) in [5, 5.41) is 19.9. The monoisotopic (exact) mass is 324 g/mol. The van der Waals surface area contributed by atoms with E-state index in [0.717, 1.165) is 19.3 Å². The van der Waals surface area contributed by atoms with E-state index >= 15 is 0 Å². The Kier molecular flexibility index (Phi) is 5.82. The quantitative estimate of drug-likeness (QED) is 0.731. The van der Waals surface area contributed by atoms with Crippen LogP contribution in [0.5, 0.6) is 0 Å². The van der Waals surface area contributed by atoms with Gasteiger partial charge in [0.05, 0.1) is 12.4 Å². The maximum Gasteiger partial charge on any atom is 0.202 e. The zero-order chi connectivity index (χ0) is 16.9. The van der Waals surface area contributed by atoms with Crippen molar-refractivity contribution in [3.05, 3.63) is 11.8 Å². The van der Waals surface area contributed by atoms with Crippen molar-refractivity contribution in [3.8, 4) is 11.8 Å². The van der Waals surface area contributed by atoms with Crippen LogP contribution in [-0.2, 0) is 19.0 Å². The van der Waals surface area contributed by atoms with Crippen LogP contribution < -0.4 is 0 Å². The maximum atomic E-state index is 12.0. The topological polar surface area (TPSA) is 85.2 Å². The summed E-state index contributed by atoms with van der Waals surface area (Å²) >= 11 is 0. The predicted molar refractivity (Wildman–Crippen MR) is 82.2 cm³/mol. The lowest BCUT2D eigenvalue weighted by atomic mass is 9.86. The molecule has 2 heterocycles. The van der Waals surface area contributed by atoms with E-state index in [2.05, 4.69) is 11.8 Å². The Morgan fingerprint density at radius 1 is 1.52 bits per heavy atom. The minimum Gasteiger partial charge on any atom is -0.484 e. The van der Waals surface area contributed by atoms with Crippen molar-refractivity contribution in [2.75, 3.05) is 19.8 Å². The Labute approximate surface area is 136 Å². The molecule has 0 radical (unpaired) electrons. The maximum absolute atomic E-state index is 12.0. The smallest absolute Gasteiger partial charge is 0.202 e. The van der Waals surface area contributed by atoms with Gasteiger partial charge in [-0.1, -0.05) is 11.8 Å². The normalized spacial score (nSPS) is 30.0. The van der Waals surface area contributed by atoms with E-state index in [1.165, 1.54) is 6.08 Å². The van der Waals surface area contributed by atoms with Crippen molar-refractivity contribution in [1.29, 1.82) is 0 Å². The first-order valence-corrected chi connectivity index (χ1v) is 7.85. The van der Waals surface area contributed by atoms with Crippen LogP contribution in [0.4, 0.5) is 0 Å². The zero-order valence-corrected chi connectivity index (χ0v) is 13.6. The lowest BCUT2D eigenvalue weighted by molar-refractivity contribution is -0.154. The molecule has 0 aliphatic carbocycles. The number of hydrogen-bond donors (Lipinski definition) is 2. The fourth-order valence-electron chi connectivity index (χ4n) is 2.77. The molecule has 0 aromatic heterocycles. The summed E-state index contributed by atoms with van der Waals surface area (Å²) < 4.78 is 16.4. The first-order chi connectivity index (χ1) is 10.9. The Morgan fingerprint density at radius 3 is 2.87 bits per heavy atom. The van der Waals surface area contributed by atoms with Gasteiger partial charge in [-0.05, 0) is 33.1 Å². The first-order valence-electron chi connectivity index (χ1n) is 7.85. The molecule has 6 nitrogen and oxygen atoms in total. The summed E-state index contributed by atoms with van der Waals surface area (Å²) in [4.78, 5) is 12.0. The van der Waals surface area contributed by atoms with Crippen molar-refractivity contribution >= 4 is 5.78 Å². The van der Waals surface area contributed by atoms with Gasteiger partial charge < -0.3 is 24.4 Å². The van der Waals surface area contributed by atoms with Gasteiger partial charge in [0, 0.05) is 19.1 Å². The summed E-state index contributed by atoms with van der Waals surface area (Å²) in [5.74, 6) is 5.54. The highest BCUT2D eigenvalue weighted by Crippen LogP contribution is 2.32. The van der Waals surface area contributed by atoms with E-state index < -0.39 is 17.8 Å². The molecule has 128 valence electrons. The van der Waals surface area contributed by atoms with E-state index in [4.69, 9.17) is 14.2 Å². The number of aliphatic hydroxyl groups excluding tert-OH is 1. The molecule has 2 unspecified atom stereocenters. The third kappa shape index (κ3) is 4.79. The van der Waals surface area contributed by atoms with E-state index in [9.17, 15) is 15.0 Å². The molecule has 1 fully saturated rings. The molecule has 2 aliphatic heterocycles. The second-order valence-corrected chi connectivity index (χ2v) is 6.23. The van der Waals surface area contributed by atoms with E-state index in [1.54, 1.807) is 13.8 Å². The van der Waals surface area contributed by atoms with E-state index in [1.807, 2.05) is 0 Å². The number of rotatable bonds is 5. The fraction of sp³-hybridized carbons (Fsp3) is 0.706. The van der Waals surface area contributed by atoms with Crippen LogP contribution in [0.3, 0.4) is 0 Å². The molecule has 2 N–H and O–H groups in total. The molecule has 0 bridgehead atoms. The number of carbonyl (C=O) groups excluding carboxylic acids is 1. The molecule has 23 heavy (non-hydrogen) atoms. The Morgan fingerprint density at radius 2 is 2.30 bits per heavy atom. The molecular formula is C17H24O6. The minimum atomic E-state index is -1.72. The Hall–Kier alpha value is -1.39. The van der Waals surface area contributed by atoms with Gasteiger partial charge in [-0.25, -0.2) is 0 Å². The van der Waals surface area contributed by atoms with Crippen molar-refractivity contribution in [2.45, 2.75) is 57.0 Å². The number of ketones is 1. The molecule has 0 aromatic carbocycles. The lowest BCUT2D eigenvalue weighted by Crippen LogP contribution is -2.45. The van der Waals surface area contributed by atoms with Gasteiger partial charge in [0.2, 0.25) is 5.78 Å². The Bertz CT molecular complexity index is 525. The summed E-state index contributed by atoms with van der Waals surface area (Å²) in [6.45, 7) is 3.44. The van der Waals surface area contributed by atoms with Crippen LogP contribution in [0.2, 0.25) is 0 Å². The molecule has 0 aromatic rings. The SMILES string of the molecule is CC1=CC(=O)C(C)(C[C@](O)(C#CCOC2CCCCO2)CO)O1. The van der Waals surface area contributed by atoms with E-state index in [-0.39, 0.29) is 25.1 Å². The van der Waals surface area contributed by atoms with Gasteiger partial charge in [-0.2, -0.15) is 0 Å². The average Bonchev–Trinajstić information content (AvgIpc) is 2.77. The van der Waals surface area contributed by atoms with Crippen LogP contribution in [-0.4, -0.2) is 53.3 Å². The van der Waals surface area contributed by atoms with E-state index in [0.29, 0.717) is 12.4 Å². The van der Waals surface area contributed by atoms with Crippen LogP contribution in [0.25, 0.3) is 0 Å². The highest BCUT2D eigenvalue weighted by atomic mass is 16.7. The largest absolute Gasteiger partial charge is 0.484 e. The number of allylic oxidation sites excluding steroid dienone is 1. The molecule has 2 aliphatic rings. The molecule has 0 saturated carbocycles. The minimum absolute atomic E-state index is 0.0930. The highest BCUT2D eigenvalue weighted by molar-refractivity contribution is 5.99. The van der Waals surface area contributed by atoms with Crippen molar-refractivity contribution in [2.24, 2.45) is 0 Å². The third-order valence-electron chi connectivity index (χ3n) is 3.93. The first kappa shape index (κ1) is 18.0. The fourth-order valence-corrected chi connectivity index (χ4v) is 2.77. The van der Waals surface area contributed by atoms with Gasteiger partial charge in [0.1, 0.15) is 6.61 Å². The summed E-state index contributed by atoms with van der Waals surface area (Å²) in [6.07, 6.45) is 3.94. The number of aliphatic hydroxyl groups is 2. The Balaban J connectivity index is 1.90. The van der Waals surface area contributed by atoms with Gasteiger partial charge in [0.15, 0.2) is 17.5 Å². The van der Waals surface area contributed by atoms with Crippen LogP contribution >= 0.6 is 0 Å². The van der Waals surface area contributed by atoms with Crippen LogP contribution in [0.15, 0.2) is 11.8 Å². The number of carbonyl (C=O) groups is 1. The zero-order valence-electron chi connectivity index (χ0n) is 13.6. The summed E-state index contributed by atoms with van der Waals surface area (Å²) in [5.41, 5.74) is -2.93. The summed E-state index contributed by atoms with van der Waals surface area (Å²) in [7, 11) is 0. The molecule has 1 saturated heterocycles. The van der Waals surface area contributed by atoms with Crippen LogP contribution in [0.1, 0.15) is 39.5 Å². The van der Waals surface area contributed by atoms with Gasteiger partial charge in [0.25, 0.3) is 0 Å². The molecule has 0 amide bonds. The molecule has 6 heteroatoms. The van der Waals surface area contributed by atoms with Crippen molar-refractivity contribution < 1.29 is 29.2 Å². The number of ether oxygens (including phenoxy) is 3. The molecule has 3 atom stereocenters. The summed E-state index contributed by atoms with van der Waals surface area (Å²) in [6, 6.07) is 0. The molecule has 2 rings (SSSR count). The molecule has 0 spiro atoms. The third-order valence-corrected chi connectivity index (χ3v) is 3.93. The van der Waals surface area contributed by atoms with Gasteiger partial charge in [-0.15, -0.1) is 0 Å². The predicted octanol–water partition coefficient (Wildman–Crippen LogP) is 0.908. The lowest BCUT2D eigenvalue weighted by Gasteiger charge is -2.30. The molecular weight excluding hydrogens is 300 g/mol. The second-order valence-electron chi connectivity index (χ2n) is 6.23. The number of hydrogen-bond acceptors (Lipinski definition) is 6. The van der Waals surface area contributed by atoms with Crippen molar-refractivity contribution in [3.63, 3.8) is 0 Å².